The van der Waals surface area contributed by atoms with Gasteiger partial charge in [0, 0.05) is 12.7 Å². The molecule has 1 N–H and O–H groups in total. The van der Waals surface area contributed by atoms with Crippen molar-refractivity contribution in [1.29, 1.82) is 0 Å². The molecule has 1 aliphatic rings. The van der Waals surface area contributed by atoms with Crippen LogP contribution in [0.3, 0.4) is 0 Å². The van der Waals surface area contributed by atoms with Gasteiger partial charge in [-0.1, -0.05) is 24.3 Å². The van der Waals surface area contributed by atoms with E-state index >= 15 is 0 Å². The molecule has 1 heterocycles. The molecule has 0 saturated carbocycles. The molecule has 0 radical (unpaired) electrons. The lowest BCUT2D eigenvalue weighted by Gasteiger charge is -2.24. The minimum absolute atomic E-state index is 0.0528. The Morgan fingerprint density at radius 1 is 1.45 bits per heavy atom. The van der Waals surface area contributed by atoms with E-state index in [1.807, 2.05) is 20.0 Å². The highest BCUT2D eigenvalue weighted by Gasteiger charge is 2.30. The summed E-state index contributed by atoms with van der Waals surface area (Å²) in [6.45, 7) is 1.89. The number of hydrogen-bond donors (Lipinski definition) is 1. The molecule has 20 heavy (non-hydrogen) atoms. The van der Waals surface area contributed by atoms with E-state index in [0.29, 0.717) is 5.69 Å². The number of carbonyl (C=O) groups excluding carboxylic acids is 1. The van der Waals surface area contributed by atoms with Gasteiger partial charge < -0.3 is 4.90 Å². The number of fused-ring (bicyclic) bond motifs is 1. The van der Waals surface area contributed by atoms with E-state index in [1.165, 1.54) is 11.1 Å². The van der Waals surface area contributed by atoms with Crippen molar-refractivity contribution in [3.8, 4) is 0 Å². The van der Waals surface area contributed by atoms with Crippen LogP contribution in [0.25, 0.3) is 0 Å². The Morgan fingerprint density at radius 3 is 2.90 bits per heavy atom. The van der Waals surface area contributed by atoms with Crippen LogP contribution in [0.15, 0.2) is 28.7 Å². The van der Waals surface area contributed by atoms with E-state index in [2.05, 4.69) is 44.3 Å². The minimum Gasteiger partial charge on any atom is -0.333 e. The molecule has 0 aliphatic heterocycles. The maximum absolute atomic E-state index is 12.6. The SMILES string of the molecule is Cc1[nH]nc(C(=O)N(C)C2CCc3ccccc32)c1Br. The third-order valence-corrected chi connectivity index (χ3v) is 4.93. The second-order valence-electron chi connectivity index (χ2n) is 5.18. The summed E-state index contributed by atoms with van der Waals surface area (Å²) in [5, 5.41) is 6.94. The Kier molecular flexibility index (Phi) is 3.38. The number of rotatable bonds is 2. The first kappa shape index (κ1) is 13.4. The zero-order chi connectivity index (χ0) is 14.3. The molecule has 1 amide bonds. The molecule has 1 unspecified atom stereocenters. The van der Waals surface area contributed by atoms with Crippen molar-refractivity contribution in [2.45, 2.75) is 25.8 Å². The Balaban J connectivity index is 1.89. The molecule has 3 rings (SSSR count). The summed E-state index contributed by atoms with van der Waals surface area (Å²) in [5.74, 6) is -0.0528. The number of amides is 1. The molecule has 1 atom stereocenters. The van der Waals surface area contributed by atoms with Gasteiger partial charge in [0.25, 0.3) is 5.91 Å². The zero-order valence-electron chi connectivity index (χ0n) is 11.5. The van der Waals surface area contributed by atoms with Crippen LogP contribution in [0.5, 0.6) is 0 Å². The fraction of sp³-hybridized carbons (Fsp3) is 0.333. The van der Waals surface area contributed by atoms with E-state index in [-0.39, 0.29) is 11.9 Å². The van der Waals surface area contributed by atoms with Crippen LogP contribution >= 0.6 is 15.9 Å². The number of carbonyl (C=O) groups is 1. The molecule has 0 bridgehead atoms. The fourth-order valence-corrected chi connectivity index (χ4v) is 3.15. The summed E-state index contributed by atoms with van der Waals surface area (Å²) in [7, 11) is 1.85. The molecular weight excluding hydrogens is 318 g/mol. The number of aryl methyl sites for hydroxylation is 2. The van der Waals surface area contributed by atoms with Gasteiger partial charge in [0.2, 0.25) is 0 Å². The van der Waals surface area contributed by atoms with Crippen LogP contribution in [-0.4, -0.2) is 28.1 Å². The number of H-pyrrole nitrogens is 1. The second-order valence-corrected chi connectivity index (χ2v) is 5.97. The maximum Gasteiger partial charge on any atom is 0.275 e. The smallest absolute Gasteiger partial charge is 0.275 e. The molecule has 1 aliphatic carbocycles. The number of nitrogens with one attached hydrogen (secondary N) is 1. The first-order valence-corrected chi connectivity index (χ1v) is 7.44. The Hall–Kier alpha value is -1.62. The van der Waals surface area contributed by atoms with Gasteiger partial charge >= 0.3 is 0 Å². The van der Waals surface area contributed by atoms with Crippen molar-refractivity contribution >= 4 is 21.8 Å². The largest absolute Gasteiger partial charge is 0.333 e. The Morgan fingerprint density at radius 2 is 2.20 bits per heavy atom. The predicted octanol–water partition coefficient (Wildman–Crippen LogP) is 3.24. The van der Waals surface area contributed by atoms with Gasteiger partial charge in [0.05, 0.1) is 10.5 Å². The summed E-state index contributed by atoms with van der Waals surface area (Å²) in [6, 6.07) is 8.48. The van der Waals surface area contributed by atoms with E-state index in [4.69, 9.17) is 0 Å². The molecule has 0 fully saturated rings. The molecule has 5 heteroatoms. The Bertz CT molecular complexity index is 665. The molecule has 0 saturated heterocycles. The van der Waals surface area contributed by atoms with Crippen LogP contribution in [0, 0.1) is 6.92 Å². The summed E-state index contributed by atoms with van der Waals surface area (Å²) >= 11 is 3.42. The van der Waals surface area contributed by atoms with Crippen LogP contribution in [0.2, 0.25) is 0 Å². The van der Waals surface area contributed by atoms with Gasteiger partial charge in [0.1, 0.15) is 0 Å². The van der Waals surface area contributed by atoms with Crippen LogP contribution in [0.1, 0.15) is 39.8 Å². The summed E-state index contributed by atoms with van der Waals surface area (Å²) in [6.07, 6.45) is 2.00. The molecule has 104 valence electrons. The molecule has 1 aromatic carbocycles. The van der Waals surface area contributed by atoms with Crippen LogP contribution < -0.4 is 0 Å². The van der Waals surface area contributed by atoms with Gasteiger partial charge in [-0.2, -0.15) is 5.10 Å². The molecule has 1 aromatic heterocycles. The van der Waals surface area contributed by atoms with E-state index in [1.54, 1.807) is 4.90 Å². The number of benzene rings is 1. The first-order chi connectivity index (χ1) is 9.59. The summed E-state index contributed by atoms with van der Waals surface area (Å²) < 4.78 is 0.751. The standard InChI is InChI=1S/C15H16BrN3O/c1-9-13(16)14(18-17-9)15(20)19(2)12-8-7-10-5-3-4-6-11(10)12/h3-6,12H,7-8H2,1-2H3,(H,17,18). The number of aromatic amines is 1. The van der Waals surface area contributed by atoms with Gasteiger partial charge in [-0.25, -0.2) is 0 Å². The van der Waals surface area contributed by atoms with Gasteiger partial charge in [0.15, 0.2) is 5.69 Å². The zero-order valence-corrected chi connectivity index (χ0v) is 13.1. The second kappa shape index (κ2) is 5.05. The monoisotopic (exact) mass is 333 g/mol. The topological polar surface area (TPSA) is 49.0 Å². The minimum atomic E-state index is -0.0528. The van der Waals surface area contributed by atoms with Crippen molar-refractivity contribution < 1.29 is 4.79 Å². The first-order valence-electron chi connectivity index (χ1n) is 6.65. The van der Waals surface area contributed by atoms with Crippen molar-refractivity contribution in [3.05, 3.63) is 51.3 Å². The van der Waals surface area contributed by atoms with Gasteiger partial charge in [-0.15, -0.1) is 0 Å². The number of nitrogens with zero attached hydrogens (tertiary/aromatic N) is 2. The van der Waals surface area contributed by atoms with Crippen molar-refractivity contribution in [1.82, 2.24) is 15.1 Å². The summed E-state index contributed by atoms with van der Waals surface area (Å²) in [4.78, 5) is 14.4. The van der Waals surface area contributed by atoms with Crippen molar-refractivity contribution in [2.75, 3.05) is 7.05 Å². The van der Waals surface area contributed by atoms with E-state index in [0.717, 1.165) is 23.0 Å². The fourth-order valence-electron chi connectivity index (χ4n) is 2.80. The number of hydrogen-bond acceptors (Lipinski definition) is 2. The highest BCUT2D eigenvalue weighted by atomic mass is 79.9. The average Bonchev–Trinajstić information content (AvgIpc) is 3.02. The average molecular weight is 334 g/mol. The van der Waals surface area contributed by atoms with Gasteiger partial charge in [-0.05, 0) is 46.8 Å². The molecule has 0 spiro atoms. The Labute approximate surface area is 126 Å². The highest BCUT2D eigenvalue weighted by Crippen LogP contribution is 2.35. The highest BCUT2D eigenvalue weighted by molar-refractivity contribution is 9.10. The quantitative estimate of drug-likeness (QED) is 0.917. The van der Waals surface area contributed by atoms with Crippen LogP contribution in [-0.2, 0) is 6.42 Å². The number of aromatic nitrogens is 2. The molecular formula is C15H16BrN3O. The van der Waals surface area contributed by atoms with E-state index in [9.17, 15) is 4.79 Å². The molecule has 2 aromatic rings. The lowest BCUT2D eigenvalue weighted by molar-refractivity contribution is 0.0723. The normalized spacial score (nSPS) is 17.1. The van der Waals surface area contributed by atoms with E-state index < -0.39 is 0 Å². The van der Waals surface area contributed by atoms with Crippen molar-refractivity contribution in [2.24, 2.45) is 0 Å². The predicted molar refractivity (Wildman–Crippen MR) is 80.6 cm³/mol. The van der Waals surface area contributed by atoms with Crippen molar-refractivity contribution in [3.63, 3.8) is 0 Å². The third-order valence-electron chi connectivity index (χ3n) is 3.96. The lowest BCUT2D eigenvalue weighted by Crippen LogP contribution is -2.30. The number of halogens is 1. The third kappa shape index (κ3) is 2.06. The maximum atomic E-state index is 12.6. The molecule has 4 nitrogen and oxygen atoms in total. The lowest BCUT2D eigenvalue weighted by atomic mass is 10.1. The van der Waals surface area contributed by atoms with Crippen LogP contribution in [0.4, 0.5) is 0 Å². The van der Waals surface area contributed by atoms with Gasteiger partial charge in [-0.3, -0.25) is 9.89 Å². The summed E-state index contributed by atoms with van der Waals surface area (Å²) in [5.41, 5.74) is 3.92.